The molecule has 0 aromatic heterocycles. The Hall–Kier alpha value is -3.02. The number of hydrazine groups is 1. The molecule has 1 unspecified atom stereocenters. The Bertz CT molecular complexity index is 851. The molecule has 0 saturated carbocycles. The number of carbonyl (C=O) groups excluding carboxylic acids is 2. The monoisotopic (exact) mass is 412 g/mol. The van der Waals surface area contributed by atoms with Crippen LogP contribution in [0.2, 0.25) is 0 Å². The van der Waals surface area contributed by atoms with E-state index in [9.17, 15) is 9.59 Å². The van der Waals surface area contributed by atoms with Gasteiger partial charge in [-0.2, -0.15) is 0 Å². The molecule has 1 atom stereocenters. The highest BCUT2D eigenvalue weighted by Gasteiger charge is 2.17. The van der Waals surface area contributed by atoms with E-state index in [-0.39, 0.29) is 0 Å². The molecule has 2 rings (SSSR count). The van der Waals surface area contributed by atoms with Crippen molar-refractivity contribution < 1.29 is 19.1 Å². The zero-order chi connectivity index (χ0) is 21.9. The van der Waals surface area contributed by atoms with Crippen molar-refractivity contribution in [3.63, 3.8) is 0 Å². The van der Waals surface area contributed by atoms with Gasteiger partial charge in [0.1, 0.15) is 11.5 Å². The van der Waals surface area contributed by atoms with Gasteiger partial charge < -0.3 is 9.47 Å². The normalized spacial score (nSPS) is 11.5. The highest BCUT2D eigenvalue weighted by atomic mass is 16.5. The van der Waals surface area contributed by atoms with Gasteiger partial charge in [-0.3, -0.25) is 20.4 Å². The Labute approximate surface area is 178 Å². The van der Waals surface area contributed by atoms with Crippen LogP contribution in [0.15, 0.2) is 42.5 Å². The first-order valence-electron chi connectivity index (χ1n) is 10.5. The Balaban J connectivity index is 1.87. The van der Waals surface area contributed by atoms with Gasteiger partial charge in [-0.15, -0.1) is 0 Å². The fraction of sp³-hybridized carbons (Fsp3) is 0.417. The van der Waals surface area contributed by atoms with Gasteiger partial charge in [-0.05, 0) is 62.6 Å². The average Bonchev–Trinajstić information content (AvgIpc) is 2.74. The minimum atomic E-state index is -0.766. The quantitative estimate of drug-likeness (QED) is 0.445. The van der Waals surface area contributed by atoms with E-state index < -0.39 is 17.9 Å². The maximum atomic E-state index is 12.5. The summed E-state index contributed by atoms with van der Waals surface area (Å²) in [6, 6.07) is 12.6. The summed E-state index contributed by atoms with van der Waals surface area (Å²) < 4.78 is 11.4. The molecule has 6 nitrogen and oxygen atoms in total. The number of benzene rings is 2. The summed E-state index contributed by atoms with van der Waals surface area (Å²) >= 11 is 0. The second kappa shape index (κ2) is 11.9. The van der Waals surface area contributed by atoms with Crippen LogP contribution in [0.3, 0.4) is 0 Å². The number of para-hydroxylation sites is 1. The van der Waals surface area contributed by atoms with E-state index in [1.54, 1.807) is 25.1 Å². The first-order chi connectivity index (χ1) is 14.4. The first kappa shape index (κ1) is 23.3. The predicted octanol–water partition coefficient (Wildman–Crippen LogP) is 4.49. The molecular weight excluding hydrogens is 380 g/mol. The van der Waals surface area contributed by atoms with Crippen LogP contribution in [0, 0.1) is 13.8 Å². The number of nitrogens with one attached hydrogen (secondary N) is 2. The van der Waals surface area contributed by atoms with Crippen molar-refractivity contribution in [2.45, 2.75) is 59.5 Å². The highest BCUT2D eigenvalue weighted by Crippen LogP contribution is 2.19. The van der Waals surface area contributed by atoms with Gasteiger partial charge >= 0.3 is 0 Å². The van der Waals surface area contributed by atoms with Crippen molar-refractivity contribution >= 4 is 11.8 Å². The molecular formula is C24H32N2O4. The highest BCUT2D eigenvalue weighted by molar-refractivity contribution is 5.98. The minimum absolute atomic E-state index is 0.371. The third-order valence-corrected chi connectivity index (χ3v) is 4.85. The summed E-state index contributed by atoms with van der Waals surface area (Å²) in [5, 5.41) is 0. The van der Waals surface area contributed by atoms with Crippen LogP contribution in [0.1, 0.15) is 61.0 Å². The van der Waals surface area contributed by atoms with Crippen LogP contribution in [-0.2, 0) is 4.79 Å². The summed E-state index contributed by atoms with van der Waals surface area (Å²) in [5.74, 6) is 0.222. The smallest absolute Gasteiger partial charge is 0.279 e. The minimum Gasteiger partial charge on any atom is -0.493 e. The molecule has 162 valence electrons. The largest absolute Gasteiger partial charge is 0.493 e. The zero-order valence-corrected chi connectivity index (χ0v) is 18.3. The molecule has 2 N–H and O–H groups in total. The summed E-state index contributed by atoms with van der Waals surface area (Å²) in [4.78, 5) is 24.8. The lowest BCUT2D eigenvalue weighted by atomic mass is 10.1. The van der Waals surface area contributed by atoms with Crippen molar-refractivity contribution in [2.24, 2.45) is 0 Å². The number of aryl methyl sites for hydroxylation is 2. The average molecular weight is 413 g/mol. The predicted molar refractivity (Wildman–Crippen MR) is 118 cm³/mol. The fourth-order valence-electron chi connectivity index (χ4n) is 2.82. The molecule has 0 aliphatic carbocycles. The number of carbonyl (C=O) groups is 2. The molecule has 0 bridgehead atoms. The number of unbranched alkanes of at least 4 members (excludes halogenated alkanes) is 3. The van der Waals surface area contributed by atoms with Crippen LogP contribution in [0.25, 0.3) is 0 Å². The van der Waals surface area contributed by atoms with Crippen LogP contribution >= 0.6 is 0 Å². The van der Waals surface area contributed by atoms with Gasteiger partial charge in [0, 0.05) is 0 Å². The maximum absolute atomic E-state index is 12.5. The molecule has 0 spiro atoms. The lowest BCUT2D eigenvalue weighted by Gasteiger charge is -2.16. The molecule has 0 radical (unpaired) electrons. The number of ether oxygens (including phenoxy) is 2. The molecule has 30 heavy (non-hydrogen) atoms. The Morgan fingerprint density at radius 2 is 1.73 bits per heavy atom. The topological polar surface area (TPSA) is 76.7 Å². The van der Waals surface area contributed by atoms with Gasteiger partial charge in [0.05, 0.1) is 12.2 Å². The van der Waals surface area contributed by atoms with Gasteiger partial charge in [-0.25, -0.2) is 0 Å². The lowest BCUT2D eigenvalue weighted by molar-refractivity contribution is -0.128. The maximum Gasteiger partial charge on any atom is 0.279 e. The Morgan fingerprint density at radius 3 is 2.47 bits per heavy atom. The van der Waals surface area contributed by atoms with Crippen molar-refractivity contribution in [1.29, 1.82) is 0 Å². The van der Waals surface area contributed by atoms with Gasteiger partial charge in [-0.1, -0.05) is 44.4 Å². The van der Waals surface area contributed by atoms with Gasteiger partial charge in [0.25, 0.3) is 11.8 Å². The SMILES string of the molecule is CCCCCCOc1ccccc1C(=O)NNC(=O)C(C)Oc1ccc(C)c(C)c1. The molecule has 6 heteroatoms. The van der Waals surface area contributed by atoms with E-state index in [1.165, 1.54) is 6.42 Å². The first-order valence-corrected chi connectivity index (χ1v) is 10.5. The number of rotatable bonds is 10. The number of amides is 2. The lowest BCUT2D eigenvalue weighted by Crippen LogP contribution is -2.47. The Morgan fingerprint density at radius 1 is 0.967 bits per heavy atom. The van der Waals surface area contributed by atoms with Crippen LogP contribution in [-0.4, -0.2) is 24.5 Å². The van der Waals surface area contributed by atoms with E-state index in [1.807, 2.05) is 38.1 Å². The molecule has 0 heterocycles. The summed E-state index contributed by atoms with van der Waals surface area (Å²) in [6.45, 7) is 8.33. The summed E-state index contributed by atoms with van der Waals surface area (Å²) in [5.41, 5.74) is 7.46. The van der Waals surface area contributed by atoms with Crippen molar-refractivity contribution in [2.75, 3.05) is 6.61 Å². The van der Waals surface area contributed by atoms with Gasteiger partial charge in [0.15, 0.2) is 6.10 Å². The zero-order valence-electron chi connectivity index (χ0n) is 18.3. The van der Waals surface area contributed by atoms with E-state index in [2.05, 4.69) is 17.8 Å². The third-order valence-electron chi connectivity index (χ3n) is 4.85. The third kappa shape index (κ3) is 7.10. The Kier molecular flexibility index (Phi) is 9.19. The molecule has 0 aliphatic rings. The van der Waals surface area contributed by atoms with Crippen molar-refractivity contribution in [3.8, 4) is 11.5 Å². The molecule has 2 amide bonds. The second-order valence-electron chi connectivity index (χ2n) is 7.35. The van der Waals surface area contributed by atoms with Crippen molar-refractivity contribution in [3.05, 3.63) is 59.2 Å². The standard InChI is InChI=1S/C24H32N2O4/c1-5-6-7-10-15-29-22-12-9-8-11-21(22)24(28)26-25-23(27)19(4)30-20-14-13-17(2)18(3)16-20/h8-9,11-14,16,19H,5-7,10,15H2,1-4H3,(H,25,27)(H,26,28). The molecule has 0 aliphatic heterocycles. The fourth-order valence-corrected chi connectivity index (χ4v) is 2.82. The molecule has 0 fully saturated rings. The summed E-state index contributed by atoms with van der Waals surface area (Å²) in [7, 11) is 0. The molecule has 0 saturated heterocycles. The van der Waals surface area contributed by atoms with E-state index in [4.69, 9.17) is 9.47 Å². The van der Waals surface area contributed by atoms with E-state index in [0.29, 0.717) is 23.7 Å². The van der Waals surface area contributed by atoms with Gasteiger partial charge in [0.2, 0.25) is 0 Å². The summed E-state index contributed by atoms with van der Waals surface area (Å²) in [6.07, 6.45) is 3.59. The molecule has 2 aromatic carbocycles. The second-order valence-corrected chi connectivity index (χ2v) is 7.35. The number of hydrogen-bond acceptors (Lipinski definition) is 4. The van der Waals surface area contributed by atoms with Crippen LogP contribution in [0.4, 0.5) is 0 Å². The van der Waals surface area contributed by atoms with Crippen molar-refractivity contribution in [1.82, 2.24) is 10.9 Å². The van der Waals surface area contributed by atoms with Crippen LogP contribution in [0.5, 0.6) is 11.5 Å². The van der Waals surface area contributed by atoms with E-state index in [0.717, 1.165) is 30.4 Å². The molecule has 2 aromatic rings. The number of hydrogen-bond donors (Lipinski definition) is 2. The van der Waals surface area contributed by atoms with E-state index >= 15 is 0 Å². The van der Waals surface area contributed by atoms with Crippen LogP contribution < -0.4 is 20.3 Å².